The van der Waals surface area contributed by atoms with E-state index in [2.05, 4.69) is 4.98 Å². The molecule has 6 nitrogen and oxygen atoms in total. The van der Waals surface area contributed by atoms with Gasteiger partial charge in [-0.2, -0.15) is 0 Å². The topological polar surface area (TPSA) is 79.7 Å². The molecule has 156 valence electrons. The van der Waals surface area contributed by atoms with Crippen molar-refractivity contribution >= 4 is 34.7 Å². The molecule has 4 rings (SSSR count). The number of hydrogen-bond acceptors (Lipinski definition) is 5. The highest BCUT2D eigenvalue weighted by Crippen LogP contribution is 2.42. The molecule has 1 saturated heterocycles. The number of amides is 1. The van der Waals surface area contributed by atoms with Crippen molar-refractivity contribution in [1.29, 1.82) is 0 Å². The van der Waals surface area contributed by atoms with E-state index in [0.29, 0.717) is 34.2 Å². The monoisotopic (exact) mass is 434 g/mol. The number of aliphatic hydroxyl groups is 1. The molecule has 7 heteroatoms. The van der Waals surface area contributed by atoms with Crippen molar-refractivity contribution in [2.75, 3.05) is 11.5 Å². The van der Waals surface area contributed by atoms with E-state index in [0.717, 1.165) is 0 Å². The van der Waals surface area contributed by atoms with Gasteiger partial charge in [0.05, 0.1) is 18.2 Å². The normalized spacial score (nSPS) is 17.7. The summed E-state index contributed by atoms with van der Waals surface area (Å²) in [6, 6.07) is 16.0. The third kappa shape index (κ3) is 3.90. The van der Waals surface area contributed by atoms with Crippen LogP contribution in [0.3, 0.4) is 0 Å². The van der Waals surface area contributed by atoms with Crippen LogP contribution in [-0.4, -0.2) is 28.4 Å². The molecule has 2 aromatic carbocycles. The van der Waals surface area contributed by atoms with E-state index in [-0.39, 0.29) is 11.3 Å². The zero-order chi connectivity index (χ0) is 22.0. The van der Waals surface area contributed by atoms with Crippen LogP contribution >= 0.6 is 11.6 Å². The largest absolute Gasteiger partial charge is 0.507 e. The van der Waals surface area contributed by atoms with Gasteiger partial charge < -0.3 is 9.84 Å². The molecule has 0 spiro atoms. The number of aliphatic hydroxyl groups excluding tert-OH is 1. The number of anilines is 1. The number of ketones is 1. The van der Waals surface area contributed by atoms with Crippen LogP contribution in [0.25, 0.3) is 5.76 Å². The number of Topliss-reactive ketones (excluding diaryl/α,β-unsaturated/α-hetero) is 1. The van der Waals surface area contributed by atoms with E-state index in [4.69, 9.17) is 16.3 Å². The van der Waals surface area contributed by atoms with Crippen molar-refractivity contribution in [2.24, 2.45) is 0 Å². The number of carbonyl (C=O) groups excluding carboxylic acids is 2. The van der Waals surface area contributed by atoms with Crippen LogP contribution in [-0.2, 0) is 9.59 Å². The Hall–Kier alpha value is -3.64. The quantitative estimate of drug-likeness (QED) is 0.356. The Bertz CT molecular complexity index is 1180. The van der Waals surface area contributed by atoms with E-state index in [1.807, 2.05) is 6.92 Å². The lowest BCUT2D eigenvalue weighted by atomic mass is 9.96. The molecule has 1 fully saturated rings. The molecule has 0 aliphatic carbocycles. The Labute approximate surface area is 184 Å². The number of carbonyl (C=O) groups is 2. The predicted octanol–water partition coefficient (Wildman–Crippen LogP) is 4.76. The summed E-state index contributed by atoms with van der Waals surface area (Å²) in [6.45, 7) is 2.33. The fourth-order valence-corrected chi connectivity index (χ4v) is 3.83. The number of halogens is 1. The molecule has 1 amide bonds. The van der Waals surface area contributed by atoms with Gasteiger partial charge in [0, 0.05) is 34.7 Å². The molecular weight excluding hydrogens is 416 g/mol. The first kappa shape index (κ1) is 20.6. The van der Waals surface area contributed by atoms with Crippen molar-refractivity contribution in [3.63, 3.8) is 0 Å². The standard InChI is InChI=1S/C24H19ClN2O4/c1-2-31-19-8-4-7-18(14-19)27-21(15-9-11-26-12-10-15)20(23(29)24(27)30)22(28)16-5-3-6-17(25)13-16/h3-14,21,28H,2H2,1H3/b22-20+. The van der Waals surface area contributed by atoms with Crippen molar-refractivity contribution in [3.8, 4) is 5.75 Å². The SMILES string of the molecule is CCOc1cccc(N2C(=O)C(=O)/C(=C(/O)c3cccc(Cl)c3)C2c2ccncc2)c1. The van der Waals surface area contributed by atoms with Gasteiger partial charge in [-0.3, -0.25) is 19.5 Å². The first-order valence-corrected chi connectivity index (χ1v) is 10.1. The highest BCUT2D eigenvalue weighted by molar-refractivity contribution is 6.51. The van der Waals surface area contributed by atoms with Crippen LogP contribution in [0.2, 0.25) is 5.02 Å². The van der Waals surface area contributed by atoms with Gasteiger partial charge in [0.1, 0.15) is 11.5 Å². The van der Waals surface area contributed by atoms with Crippen molar-refractivity contribution < 1.29 is 19.4 Å². The maximum absolute atomic E-state index is 13.1. The molecular formula is C24H19ClN2O4. The molecule has 31 heavy (non-hydrogen) atoms. The molecule has 1 aliphatic heterocycles. The summed E-state index contributed by atoms with van der Waals surface area (Å²) in [5.41, 5.74) is 1.47. The fourth-order valence-electron chi connectivity index (χ4n) is 3.64. The molecule has 1 aromatic heterocycles. The second kappa shape index (κ2) is 8.62. The number of ether oxygens (including phenoxy) is 1. The molecule has 0 radical (unpaired) electrons. The Balaban J connectivity index is 1.92. The molecule has 3 aromatic rings. The minimum atomic E-state index is -0.834. The van der Waals surface area contributed by atoms with Gasteiger partial charge in [0.25, 0.3) is 11.7 Å². The van der Waals surface area contributed by atoms with E-state index >= 15 is 0 Å². The average Bonchev–Trinajstić information content (AvgIpc) is 3.05. The van der Waals surface area contributed by atoms with Crippen molar-refractivity contribution in [3.05, 3.63) is 94.8 Å². The Morgan fingerprint density at radius 2 is 1.84 bits per heavy atom. The molecule has 1 atom stereocenters. The highest BCUT2D eigenvalue weighted by Gasteiger charge is 2.47. The zero-order valence-electron chi connectivity index (χ0n) is 16.7. The highest BCUT2D eigenvalue weighted by atomic mass is 35.5. The van der Waals surface area contributed by atoms with Gasteiger partial charge in [-0.1, -0.05) is 29.8 Å². The van der Waals surface area contributed by atoms with Gasteiger partial charge in [-0.25, -0.2) is 0 Å². The van der Waals surface area contributed by atoms with Gasteiger partial charge in [0.2, 0.25) is 0 Å². The third-order valence-electron chi connectivity index (χ3n) is 4.97. The fraction of sp³-hybridized carbons (Fsp3) is 0.125. The van der Waals surface area contributed by atoms with E-state index in [1.54, 1.807) is 73.1 Å². The van der Waals surface area contributed by atoms with Crippen LogP contribution in [0.4, 0.5) is 5.69 Å². The second-order valence-electron chi connectivity index (χ2n) is 6.89. The molecule has 0 saturated carbocycles. The number of nitrogens with zero attached hydrogens (tertiary/aromatic N) is 2. The summed E-state index contributed by atoms with van der Waals surface area (Å²) >= 11 is 6.07. The van der Waals surface area contributed by atoms with E-state index in [1.165, 1.54) is 4.90 Å². The van der Waals surface area contributed by atoms with Gasteiger partial charge >= 0.3 is 0 Å². The summed E-state index contributed by atoms with van der Waals surface area (Å²) in [5.74, 6) is -1.23. The van der Waals surface area contributed by atoms with Crippen molar-refractivity contribution in [1.82, 2.24) is 4.98 Å². The lowest BCUT2D eigenvalue weighted by Gasteiger charge is -2.25. The summed E-state index contributed by atoms with van der Waals surface area (Å²) in [7, 11) is 0. The smallest absolute Gasteiger partial charge is 0.300 e. The first-order chi connectivity index (χ1) is 15.0. The Morgan fingerprint density at radius 3 is 2.55 bits per heavy atom. The lowest BCUT2D eigenvalue weighted by molar-refractivity contribution is -0.132. The van der Waals surface area contributed by atoms with Crippen LogP contribution in [0.15, 0.2) is 78.6 Å². The van der Waals surface area contributed by atoms with Crippen LogP contribution in [0.1, 0.15) is 24.1 Å². The van der Waals surface area contributed by atoms with E-state index < -0.39 is 17.7 Å². The Kier molecular flexibility index (Phi) is 5.73. The molecule has 2 heterocycles. The summed E-state index contributed by atoms with van der Waals surface area (Å²) in [4.78, 5) is 31.6. The third-order valence-corrected chi connectivity index (χ3v) is 5.21. The zero-order valence-corrected chi connectivity index (χ0v) is 17.4. The molecule has 1 N–H and O–H groups in total. The van der Waals surface area contributed by atoms with E-state index in [9.17, 15) is 14.7 Å². The van der Waals surface area contributed by atoms with Crippen LogP contribution in [0.5, 0.6) is 5.75 Å². The summed E-state index contributed by atoms with van der Waals surface area (Å²) in [6.07, 6.45) is 3.15. The first-order valence-electron chi connectivity index (χ1n) is 9.71. The van der Waals surface area contributed by atoms with Gasteiger partial charge in [-0.05, 0) is 48.9 Å². The van der Waals surface area contributed by atoms with Gasteiger partial charge in [0.15, 0.2) is 0 Å². The minimum absolute atomic E-state index is 0.0136. The number of pyridine rings is 1. The number of rotatable bonds is 5. The van der Waals surface area contributed by atoms with Crippen LogP contribution in [0, 0.1) is 0 Å². The summed E-state index contributed by atoms with van der Waals surface area (Å²) in [5, 5.41) is 11.5. The maximum Gasteiger partial charge on any atom is 0.300 e. The Morgan fingerprint density at radius 1 is 1.10 bits per heavy atom. The minimum Gasteiger partial charge on any atom is -0.507 e. The average molecular weight is 435 g/mol. The number of aromatic nitrogens is 1. The molecule has 0 bridgehead atoms. The second-order valence-corrected chi connectivity index (χ2v) is 7.33. The number of benzene rings is 2. The van der Waals surface area contributed by atoms with Crippen LogP contribution < -0.4 is 9.64 Å². The maximum atomic E-state index is 13.1. The van der Waals surface area contributed by atoms with Crippen molar-refractivity contribution in [2.45, 2.75) is 13.0 Å². The summed E-state index contributed by atoms with van der Waals surface area (Å²) < 4.78 is 5.56. The van der Waals surface area contributed by atoms with Gasteiger partial charge in [-0.15, -0.1) is 0 Å². The lowest BCUT2D eigenvalue weighted by Crippen LogP contribution is -2.29. The molecule has 1 unspecified atom stereocenters. The predicted molar refractivity (Wildman–Crippen MR) is 118 cm³/mol. The molecule has 1 aliphatic rings. The number of hydrogen-bond donors (Lipinski definition) is 1.